The second-order valence-corrected chi connectivity index (χ2v) is 10.7. The van der Waals surface area contributed by atoms with Gasteiger partial charge < -0.3 is 21.1 Å². The maximum Gasteiger partial charge on any atom is 0.454 e. The molecule has 1 unspecified atom stereocenters. The lowest BCUT2D eigenvalue weighted by atomic mass is 10.1. The van der Waals surface area contributed by atoms with Crippen LogP contribution < -0.4 is 16.0 Å². The van der Waals surface area contributed by atoms with E-state index in [2.05, 4.69) is 29.8 Å². The molecule has 0 spiro atoms. The highest BCUT2D eigenvalue weighted by Gasteiger charge is 2.37. The minimum absolute atomic E-state index is 0.0378. The number of hydrogen-bond donors (Lipinski definition) is 4. The van der Waals surface area contributed by atoms with E-state index in [0.717, 1.165) is 51.4 Å². The van der Waals surface area contributed by atoms with Crippen LogP contribution in [0.1, 0.15) is 120 Å². The van der Waals surface area contributed by atoms with Crippen molar-refractivity contribution >= 4 is 29.3 Å². The predicted octanol–water partition coefficient (Wildman–Crippen LogP) is 6.55. The molecule has 0 aliphatic heterocycles. The number of halogens is 3. The molecule has 8 nitrogen and oxygen atoms in total. The fraction of sp³-hybridized carbons (Fsp3) is 0.625. The number of aliphatic hydroxyl groups excluding tert-OH is 1. The molecule has 0 fully saturated rings. The summed E-state index contributed by atoms with van der Waals surface area (Å²) in [5, 5.41) is 18.2. The smallest absolute Gasteiger partial charge is 0.454 e. The molecule has 1 aromatic rings. The molecular weight excluding hydrogens is 563 g/mol. The van der Waals surface area contributed by atoms with E-state index in [0.29, 0.717) is 13.1 Å². The van der Waals surface area contributed by atoms with Gasteiger partial charge >= 0.3 is 6.18 Å². The fourth-order valence-corrected chi connectivity index (χ4v) is 4.33. The Labute approximate surface area is 253 Å². The zero-order chi connectivity index (χ0) is 32.1. The minimum Gasteiger partial charge on any atom is -0.507 e. The molecule has 43 heavy (non-hydrogen) atoms. The van der Waals surface area contributed by atoms with Crippen LogP contribution in [0.3, 0.4) is 0 Å². The molecule has 1 atom stereocenters. The molecule has 0 aliphatic rings. The van der Waals surface area contributed by atoms with Crippen LogP contribution in [0, 0.1) is 0 Å². The normalized spacial score (nSPS) is 12.4. The average Bonchev–Trinajstić information content (AvgIpc) is 2.97. The summed E-state index contributed by atoms with van der Waals surface area (Å²) in [6.45, 7) is 5.28. The summed E-state index contributed by atoms with van der Waals surface area (Å²) in [7, 11) is 0. The van der Waals surface area contributed by atoms with Crippen molar-refractivity contribution in [2.24, 2.45) is 0 Å². The number of ketones is 1. The van der Waals surface area contributed by atoms with E-state index in [1.807, 2.05) is 0 Å². The SMILES string of the molecule is CCCCCCCCNC(=O)CCC(NC(=O)c1ccc(/C(O)=C/C(=O)C(F)(F)F)cc1)C(=O)NCCCCCCCC. The highest BCUT2D eigenvalue weighted by molar-refractivity contribution is 6.00. The highest BCUT2D eigenvalue weighted by Crippen LogP contribution is 2.20. The van der Waals surface area contributed by atoms with Gasteiger partial charge in [-0.2, -0.15) is 13.2 Å². The second kappa shape index (κ2) is 21.3. The number of carbonyl (C=O) groups is 4. The van der Waals surface area contributed by atoms with Gasteiger partial charge in [0.1, 0.15) is 11.8 Å². The highest BCUT2D eigenvalue weighted by atomic mass is 19.4. The van der Waals surface area contributed by atoms with Gasteiger partial charge in [-0.05, 0) is 31.4 Å². The Hall–Kier alpha value is -3.37. The molecule has 11 heteroatoms. The van der Waals surface area contributed by atoms with Crippen LogP contribution in [0.15, 0.2) is 30.3 Å². The summed E-state index contributed by atoms with van der Waals surface area (Å²) in [4.78, 5) is 49.4. The van der Waals surface area contributed by atoms with Crippen molar-refractivity contribution < 1.29 is 37.5 Å². The van der Waals surface area contributed by atoms with E-state index < -0.39 is 35.6 Å². The molecule has 0 saturated heterocycles. The van der Waals surface area contributed by atoms with Crippen LogP contribution in [-0.4, -0.2) is 53.9 Å². The Balaban J connectivity index is 2.76. The molecule has 0 radical (unpaired) electrons. The van der Waals surface area contributed by atoms with Gasteiger partial charge in [0.2, 0.25) is 11.8 Å². The number of benzene rings is 1. The number of hydrogen-bond acceptors (Lipinski definition) is 5. The Morgan fingerprint density at radius 3 is 1.79 bits per heavy atom. The summed E-state index contributed by atoms with van der Waals surface area (Å²) in [5.41, 5.74) is -0.00985. The molecule has 0 heterocycles. The summed E-state index contributed by atoms with van der Waals surface area (Å²) in [5.74, 6) is -4.36. The molecule has 242 valence electrons. The third kappa shape index (κ3) is 16.7. The molecule has 0 aromatic heterocycles. The second-order valence-electron chi connectivity index (χ2n) is 10.7. The molecule has 4 N–H and O–H groups in total. The van der Waals surface area contributed by atoms with Crippen molar-refractivity contribution in [3.63, 3.8) is 0 Å². The van der Waals surface area contributed by atoms with Crippen molar-refractivity contribution in [2.45, 2.75) is 116 Å². The van der Waals surface area contributed by atoms with Gasteiger partial charge in [-0.1, -0.05) is 90.2 Å². The summed E-state index contributed by atoms with van der Waals surface area (Å²) >= 11 is 0. The van der Waals surface area contributed by atoms with Crippen molar-refractivity contribution in [3.8, 4) is 0 Å². The van der Waals surface area contributed by atoms with E-state index in [4.69, 9.17) is 0 Å². The van der Waals surface area contributed by atoms with Crippen molar-refractivity contribution in [2.75, 3.05) is 13.1 Å². The van der Waals surface area contributed by atoms with Crippen LogP contribution in [0.4, 0.5) is 13.2 Å². The first-order valence-corrected chi connectivity index (χ1v) is 15.5. The largest absolute Gasteiger partial charge is 0.507 e. The lowest BCUT2D eigenvalue weighted by molar-refractivity contribution is -0.165. The Morgan fingerprint density at radius 2 is 1.26 bits per heavy atom. The monoisotopic (exact) mass is 611 g/mol. The van der Waals surface area contributed by atoms with E-state index in [-0.39, 0.29) is 36.0 Å². The molecule has 1 aromatic carbocycles. The van der Waals surface area contributed by atoms with E-state index in [1.54, 1.807) is 0 Å². The van der Waals surface area contributed by atoms with Crippen LogP contribution in [0.5, 0.6) is 0 Å². The van der Waals surface area contributed by atoms with Crippen LogP contribution in [0.25, 0.3) is 5.76 Å². The van der Waals surface area contributed by atoms with Crippen molar-refractivity contribution in [3.05, 3.63) is 41.5 Å². The molecule has 0 saturated carbocycles. The molecule has 3 amide bonds. The molecule has 1 rings (SSSR count). The molecule has 0 bridgehead atoms. The zero-order valence-corrected chi connectivity index (χ0v) is 25.5. The summed E-state index contributed by atoms with van der Waals surface area (Å²) in [6, 6.07) is 3.91. The van der Waals surface area contributed by atoms with E-state index in [1.165, 1.54) is 49.9 Å². The van der Waals surface area contributed by atoms with Crippen molar-refractivity contribution in [1.82, 2.24) is 16.0 Å². The van der Waals surface area contributed by atoms with Crippen molar-refractivity contribution in [1.29, 1.82) is 0 Å². The van der Waals surface area contributed by atoms with E-state index >= 15 is 0 Å². The lowest BCUT2D eigenvalue weighted by Crippen LogP contribution is -2.47. The fourth-order valence-electron chi connectivity index (χ4n) is 4.33. The third-order valence-corrected chi connectivity index (χ3v) is 6.95. The lowest BCUT2D eigenvalue weighted by Gasteiger charge is -2.19. The first-order chi connectivity index (χ1) is 20.5. The predicted molar refractivity (Wildman–Crippen MR) is 161 cm³/mol. The van der Waals surface area contributed by atoms with E-state index in [9.17, 15) is 37.5 Å². The van der Waals surface area contributed by atoms with Gasteiger partial charge in [0.05, 0.1) is 0 Å². The van der Waals surface area contributed by atoms with Crippen LogP contribution >= 0.6 is 0 Å². The van der Waals surface area contributed by atoms with Crippen LogP contribution in [0.2, 0.25) is 0 Å². The van der Waals surface area contributed by atoms with Gasteiger partial charge in [-0.15, -0.1) is 0 Å². The molecular formula is C32H48F3N3O5. The number of rotatable bonds is 22. The third-order valence-electron chi connectivity index (χ3n) is 6.95. The number of carbonyl (C=O) groups excluding carboxylic acids is 4. The van der Waals surface area contributed by atoms with Gasteiger partial charge in [0.25, 0.3) is 11.7 Å². The van der Waals surface area contributed by atoms with Crippen LogP contribution in [-0.2, 0) is 14.4 Å². The Morgan fingerprint density at radius 1 is 0.767 bits per heavy atom. The topological polar surface area (TPSA) is 125 Å². The minimum atomic E-state index is -5.12. The summed E-state index contributed by atoms with van der Waals surface area (Å²) in [6.07, 6.45) is 7.94. The Bertz CT molecular complexity index is 1030. The number of aliphatic hydroxyl groups is 1. The number of alkyl halides is 3. The number of unbranched alkanes of at least 4 members (excludes halogenated alkanes) is 10. The summed E-state index contributed by atoms with van der Waals surface area (Å²) < 4.78 is 37.4. The zero-order valence-electron chi connectivity index (χ0n) is 25.5. The molecule has 0 aliphatic carbocycles. The standard InChI is InChI=1S/C32H48F3N3O5/c1-3-5-7-9-11-13-21-36-29(41)20-19-26(31(43)37-22-14-12-10-8-6-4-2)38-30(42)25-17-15-24(16-18-25)27(39)23-28(40)32(33,34)35/h15-18,23,26,39H,3-14,19-22H2,1-2H3,(H,36,41)(H,37,43)(H,38,42)/b27-23-. The Kier molecular flexibility index (Phi) is 18.7. The number of amides is 3. The maximum atomic E-state index is 12.9. The van der Waals surface area contributed by atoms with Gasteiger partial charge in [0, 0.05) is 36.7 Å². The first kappa shape index (κ1) is 37.7. The number of allylic oxidation sites excluding steroid dienone is 1. The first-order valence-electron chi connectivity index (χ1n) is 15.5. The number of nitrogens with one attached hydrogen (secondary N) is 3. The van der Waals surface area contributed by atoms with Gasteiger partial charge in [-0.25, -0.2) is 0 Å². The average molecular weight is 612 g/mol. The maximum absolute atomic E-state index is 12.9. The quantitative estimate of drug-likeness (QED) is 0.0673. The van der Waals surface area contributed by atoms with Gasteiger partial charge in [0.15, 0.2) is 0 Å². The van der Waals surface area contributed by atoms with Gasteiger partial charge in [-0.3, -0.25) is 19.2 Å².